The highest BCUT2D eigenvalue weighted by Crippen LogP contribution is 2.34. The summed E-state index contributed by atoms with van der Waals surface area (Å²) in [5, 5.41) is 6.56. The number of carbonyl (C=O) groups is 1. The summed E-state index contributed by atoms with van der Waals surface area (Å²) >= 11 is 5.25. The summed E-state index contributed by atoms with van der Waals surface area (Å²) in [4.78, 5) is 12.3. The summed E-state index contributed by atoms with van der Waals surface area (Å²) in [5.41, 5.74) is 2.00. The Labute approximate surface area is 166 Å². The monoisotopic (exact) mass is 392 g/mol. The van der Waals surface area contributed by atoms with Crippen LogP contribution in [0.4, 0.5) is 0 Å². The fraction of sp³-hybridized carbons (Fsp3) is 0.500. The molecule has 1 aromatic rings. The number of rotatable bonds is 9. The molecule has 0 saturated carbocycles. The van der Waals surface area contributed by atoms with Gasteiger partial charge in [-0.2, -0.15) is 0 Å². The van der Waals surface area contributed by atoms with Crippen molar-refractivity contribution in [1.82, 2.24) is 10.6 Å². The molecule has 6 nitrogen and oxygen atoms in total. The molecule has 0 fully saturated rings. The Kier molecular flexibility index (Phi) is 7.91. The molecule has 0 spiro atoms. The minimum atomic E-state index is -0.418. The van der Waals surface area contributed by atoms with E-state index in [1.54, 1.807) is 14.0 Å². The number of benzene rings is 1. The molecule has 2 rings (SSSR count). The van der Waals surface area contributed by atoms with E-state index in [-0.39, 0.29) is 0 Å². The highest BCUT2D eigenvalue weighted by atomic mass is 32.1. The molecule has 0 radical (unpaired) electrons. The van der Waals surface area contributed by atoms with E-state index in [1.165, 1.54) is 20.0 Å². The summed E-state index contributed by atoms with van der Waals surface area (Å²) < 4.78 is 16.3. The topological polar surface area (TPSA) is 68.8 Å². The molecule has 148 valence electrons. The molecule has 2 N–H and O–H groups in total. The van der Waals surface area contributed by atoms with Gasteiger partial charge in [0, 0.05) is 5.70 Å². The van der Waals surface area contributed by atoms with E-state index in [1.807, 2.05) is 18.2 Å². The van der Waals surface area contributed by atoms with Gasteiger partial charge in [0.2, 0.25) is 0 Å². The van der Waals surface area contributed by atoms with Gasteiger partial charge in [0.1, 0.15) is 0 Å². The number of hydrogen-bond donors (Lipinski definition) is 2. The number of allylic oxidation sites excluding steroid dienone is 1. The minimum Gasteiger partial charge on any atom is -0.493 e. The highest BCUT2D eigenvalue weighted by molar-refractivity contribution is 7.80. The Hall–Kier alpha value is -2.28. The third-order valence-electron chi connectivity index (χ3n) is 4.45. The van der Waals surface area contributed by atoms with E-state index >= 15 is 0 Å². The van der Waals surface area contributed by atoms with Crippen molar-refractivity contribution in [3.8, 4) is 11.5 Å². The van der Waals surface area contributed by atoms with Crippen LogP contribution in [-0.2, 0) is 9.53 Å². The first-order chi connectivity index (χ1) is 13.0. The summed E-state index contributed by atoms with van der Waals surface area (Å²) in [5.74, 6) is 0.904. The maximum absolute atomic E-state index is 12.3. The average molecular weight is 393 g/mol. The lowest BCUT2D eigenvalue weighted by molar-refractivity contribution is -0.136. The molecule has 1 aliphatic heterocycles. The molecule has 7 heteroatoms. The van der Waals surface area contributed by atoms with Crippen LogP contribution >= 0.6 is 12.2 Å². The molecule has 1 aromatic carbocycles. The fourth-order valence-corrected chi connectivity index (χ4v) is 3.29. The standard InChI is InChI=1S/C20H28N2O4S/c1-5-6-7-8-11-26-15-10-9-14(12-16(15)24-3)18-17(19(23)25-4)13(2)21-20(27)22-18/h9-10,12,18H,5-8,11H2,1-4H3,(H2,21,22,27). The Balaban J connectivity index is 2.23. The Bertz CT molecular complexity index is 718. The maximum atomic E-state index is 12.3. The predicted molar refractivity (Wildman–Crippen MR) is 109 cm³/mol. The van der Waals surface area contributed by atoms with Crippen LogP contribution in [0.25, 0.3) is 0 Å². The van der Waals surface area contributed by atoms with E-state index in [9.17, 15) is 4.79 Å². The van der Waals surface area contributed by atoms with Crippen LogP contribution in [0.5, 0.6) is 11.5 Å². The highest BCUT2D eigenvalue weighted by Gasteiger charge is 2.31. The molecule has 0 aliphatic carbocycles. The zero-order valence-corrected chi connectivity index (χ0v) is 17.2. The summed E-state index contributed by atoms with van der Waals surface area (Å²) in [7, 11) is 2.97. The number of methoxy groups -OCH3 is 2. The molecule has 0 bridgehead atoms. The normalized spacial score (nSPS) is 16.4. The molecule has 0 aromatic heterocycles. The first-order valence-corrected chi connectivity index (χ1v) is 9.60. The quantitative estimate of drug-likeness (QED) is 0.378. The van der Waals surface area contributed by atoms with Gasteiger partial charge in [0.25, 0.3) is 0 Å². The molecule has 1 heterocycles. The number of hydrogen-bond acceptors (Lipinski definition) is 5. The summed E-state index contributed by atoms with van der Waals surface area (Å²) in [6, 6.07) is 5.22. The van der Waals surface area contributed by atoms with E-state index in [0.717, 1.165) is 18.4 Å². The molecule has 1 atom stereocenters. The second-order valence-electron chi connectivity index (χ2n) is 6.38. The lowest BCUT2D eigenvalue weighted by atomic mass is 9.95. The van der Waals surface area contributed by atoms with Crippen molar-refractivity contribution in [2.24, 2.45) is 0 Å². The van der Waals surface area contributed by atoms with Crippen LogP contribution in [0.15, 0.2) is 29.5 Å². The van der Waals surface area contributed by atoms with Crippen LogP contribution in [0.2, 0.25) is 0 Å². The number of unbranched alkanes of at least 4 members (excludes halogenated alkanes) is 3. The van der Waals surface area contributed by atoms with E-state index in [4.69, 9.17) is 26.4 Å². The third-order valence-corrected chi connectivity index (χ3v) is 4.67. The van der Waals surface area contributed by atoms with Crippen LogP contribution < -0.4 is 20.1 Å². The fourth-order valence-electron chi connectivity index (χ4n) is 3.02. The van der Waals surface area contributed by atoms with Gasteiger partial charge in [-0.3, -0.25) is 0 Å². The van der Waals surface area contributed by atoms with Gasteiger partial charge >= 0.3 is 5.97 Å². The summed E-state index contributed by atoms with van der Waals surface area (Å²) in [6.07, 6.45) is 4.57. The zero-order valence-electron chi connectivity index (χ0n) is 16.4. The molecule has 27 heavy (non-hydrogen) atoms. The number of esters is 1. The van der Waals surface area contributed by atoms with Crippen molar-refractivity contribution in [2.75, 3.05) is 20.8 Å². The van der Waals surface area contributed by atoms with Crippen molar-refractivity contribution in [1.29, 1.82) is 0 Å². The van der Waals surface area contributed by atoms with Gasteiger partial charge in [0.15, 0.2) is 16.6 Å². The van der Waals surface area contributed by atoms with Crippen LogP contribution in [0.1, 0.15) is 51.1 Å². The van der Waals surface area contributed by atoms with Crippen molar-refractivity contribution < 1.29 is 19.0 Å². The Morgan fingerprint density at radius 3 is 2.63 bits per heavy atom. The van der Waals surface area contributed by atoms with Gasteiger partial charge in [-0.1, -0.05) is 32.3 Å². The van der Waals surface area contributed by atoms with Gasteiger partial charge in [-0.15, -0.1) is 0 Å². The smallest absolute Gasteiger partial charge is 0.337 e. The molecule has 0 amide bonds. The first kappa shape index (κ1) is 21.0. The van der Waals surface area contributed by atoms with E-state index in [2.05, 4.69) is 17.6 Å². The van der Waals surface area contributed by atoms with Crippen molar-refractivity contribution >= 4 is 23.3 Å². The first-order valence-electron chi connectivity index (χ1n) is 9.19. The van der Waals surface area contributed by atoms with Gasteiger partial charge < -0.3 is 24.8 Å². The number of nitrogens with one attached hydrogen (secondary N) is 2. The second kappa shape index (κ2) is 10.2. The number of ether oxygens (including phenoxy) is 3. The van der Waals surface area contributed by atoms with Crippen molar-refractivity contribution in [3.63, 3.8) is 0 Å². The maximum Gasteiger partial charge on any atom is 0.337 e. The Morgan fingerprint density at radius 1 is 1.19 bits per heavy atom. The third kappa shape index (κ3) is 5.35. The largest absolute Gasteiger partial charge is 0.493 e. The van der Waals surface area contributed by atoms with Crippen LogP contribution in [-0.4, -0.2) is 31.9 Å². The van der Waals surface area contributed by atoms with E-state index < -0.39 is 12.0 Å². The van der Waals surface area contributed by atoms with Gasteiger partial charge in [-0.25, -0.2) is 4.79 Å². The lowest BCUT2D eigenvalue weighted by Crippen LogP contribution is -2.45. The van der Waals surface area contributed by atoms with Crippen molar-refractivity contribution in [2.45, 2.75) is 45.6 Å². The lowest BCUT2D eigenvalue weighted by Gasteiger charge is -2.30. The molecular weight excluding hydrogens is 364 g/mol. The van der Waals surface area contributed by atoms with Gasteiger partial charge in [0.05, 0.1) is 32.4 Å². The zero-order chi connectivity index (χ0) is 19.8. The molecule has 1 aliphatic rings. The van der Waals surface area contributed by atoms with Crippen LogP contribution in [0, 0.1) is 0 Å². The summed E-state index contributed by atoms with van der Waals surface area (Å²) in [6.45, 7) is 4.64. The number of carbonyl (C=O) groups excluding carboxylic acids is 1. The number of thiocarbonyl (C=S) groups is 1. The second-order valence-corrected chi connectivity index (χ2v) is 6.79. The molecule has 1 unspecified atom stereocenters. The average Bonchev–Trinajstić information content (AvgIpc) is 2.66. The van der Waals surface area contributed by atoms with Crippen LogP contribution in [0.3, 0.4) is 0 Å². The Morgan fingerprint density at radius 2 is 1.96 bits per heavy atom. The van der Waals surface area contributed by atoms with Crippen molar-refractivity contribution in [3.05, 3.63) is 35.0 Å². The minimum absolute atomic E-state index is 0.407. The van der Waals surface area contributed by atoms with Gasteiger partial charge in [-0.05, 0) is 43.3 Å². The molecule has 0 saturated heterocycles. The van der Waals surface area contributed by atoms with E-state index in [0.29, 0.717) is 34.5 Å². The SMILES string of the molecule is CCCCCCOc1ccc(C2NC(=S)NC(C)=C2C(=O)OC)cc1OC. The molecular formula is C20H28N2O4S. The predicted octanol–water partition coefficient (Wildman–Crippen LogP) is 3.62.